The molecular formula is C12H12ClF2N3O. The number of aromatic nitrogens is 3. The van der Waals surface area contributed by atoms with E-state index in [4.69, 9.17) is 16.7 Å². The number of halogens is 3. The number of aliphatic hydroxyl groups is 1. The van der Waals surface area contributed by atoms with E-state index < -0.39 is 12.2 Å². The van der Waals surface area contributed by atoms with Gasteiger partial charge in [0.15, 0.2) is 5.82 Å². The van der Waals surface area contributed by atoms with E-state index in [0.29, 0.717) is 10.7 Å². The van der Waals surface area contributed by atoms with Crippen LogP contribution < -0.4 is 0 Å². The largest absolute Gasteiger partial charge is 0.396 e. The maximum absolute atomic E-state index is 12.8. The normalized spacial score (nSPS) is 12.9. The third kappa shape index (κ3) is 2.74. The number of rotatable bonds is 4. The Hall–Kier alpha value is -1.53. The monoisotopic (exact) mass is 287 g/mol. The first kappa shape index (κ1) is 13.9. The fourth-order valence-electron chi connectivity index (χ4n) is 1.69. The van der Waals surface area contributed by atoms with Crippen molar-refractivity contribution < 1.29 is 13.9 Å². The number of hydrogen-bond acceptors (Lipinski definition) is 3. The second-order valence-electron chi connectivity index (χ2n) is 4.13. The number of nitrogens with zero attached hydrogens (tertiary/aromatic N) is 3. The first-order valence-electron chi connectivity index (χ1n) is 5.63. The minimum absolute atomic E-state index is 0.0415. The summed E-state index contributed by atoms with van der Waals surface area (Å²) in [7, 11) is 0. The van der Waals surface area contributed by atoms with Crippen LogP contribution in [0.25, 0.3) is 5.69 Å². The summed E-state index contributed by atoms with van der Waals surface area (Å²) in [5.41, 5.74) is 1.12. The van der Waals surface area contributed by atoms with Crippen molar-refractivity contribution in [3.8, 4) is 5.69 Å². The molecule has 102 valence electrons. The van der Waals surface area contributed by atoms with E-state index in [1.54, 1.807) is 18.2 Å². The molecule has 2 aromatic rings. The van der Waals surface area contributed by atoms with Crippen LogP contribution in [0, 0.1) is 0 Å². The van der Waals surface area contributed by atoms with E-state index in [2.05, 4.69) is 10.1 Å². The third-order valence-corrected chi connectivity index (χ3v) is 3.13. The summed E-state index contributed by atoms with van der Waals surface area (Å²) >= 11 is 6.02. The lowest BCUT2D eigenvalue weighted by atomic mass is 10.0. The highest BCUT2D eigenvalue weighted by atomic mass is 35.5. The molecule has 0 aliphatic rings. The summed E-state index contributed by atoms with van der Waals surface area (Å²) in [6.45, 7) is 1.78. The van der Waals surface area contributed by atoms with E-state index >= 15 is 0 Å². The first-order valence-corrected chi connectivity index (χ1v) is 6.01. The van der Waals surface area contributed by atoms with Crippen molar-refractivity contribution in [3.63, 3.8) is 0 Å². The molecule has 0 bridgehead atoms. The number of hydrogen-bond donors (Lipinski definition) is 1. The molecule has 0 saturated heterocycles. The Bertz CT molecular complexity index is 574. The van der Waals surface area contributed by atoms with Crippen LogP contribution in [0.5, 0.6) is 0 Å². The molecule has 4 nitrogen and oxygen atoms in total. The van der Waals surface area contributed by atoms with Crippen molar-refractivity contribution in [1.29, 1.82) is 0 Å². The summed E-state index contributed by atoms with van der Waals surface area (Å²) in [6, 6.07) is 4.96. The second kappa shape index (κ2) is 5.63. The first-order chi connectivity index (χ1) is 9.04. The maximum Gasteiger partial charge on any atom is 0.297 e. The molecule has 0 saturated carbocycles. The Labute approximate surface area is 113 Å². The van der Waals surface area contributed by atoms with Gasteiger partial charge in [-0.15, -0.1) is 0 Å². The Morgan fingerprint density at radius 2 is 2.16 bits per heavy atom. The maximum atomic E-state index is 12.8. The predicted octanol–water partition coefficient (Wildman–Crippen LogP) is 2.95. The van der Waals surface area contributed by atoms with Gasteiger partial charge in [-0.2, -0.15) is 5.10 Å². The molecule has 1 atom stereocenters. The zero-order valence-electron chi connectivity index (χ0n) is 10.1. The quantitative estimate of drug-likeness (QED) is 0.940. The summed E-state index contributed by atoms with van der Waals surface area (Å²) in [4.78, 5) is 3.52. The van der Waals surface area contributed by atoms with Gasteiger partial charge >= 0.3 is 0 Å². The third-order valence-electron chi connectivity index (χ3n) is 2.81. The van der Waals surface area contributed by atoms with Crippen LogP contribution in [0.3, 0.4) is 0 Å². The van der Waals surface area contributed by atoms with Gasteiger partial charge < -0.3 is 5.11 Å². The lowest BCUT2D eigenvalue weighted by molar-refractivity contribution is 0.137. The highest BCUT2D eigenvalue weighted by Gasteiger charge is 2.19. The molecule has 0 fully saturated rings. The SMILES string of the molecule is C[C@H](CO)c1ccc(Cl)c(-n2ncnc2C(F)F)c1. The highest BCUT2D eigenvalue weighted by molar-refractivity contribution is 6.32. The molecule has 0 aliphatic carbocycles. The van der Waals surface area contributed by atoms with Gasteiger partial charge in [0, 0.05) is 12.5 Å². The number of aliphatic hydroxyl groups excluding tert-OH is 1. The molecule has 0 amide bonds. The van der Waals surface area contributed by atoms with Gasteiger partial charge in [0.1, 0.15) is 6.33 Å². The van der Waals surface area contributed by atoms with Gasteiger partial charge in [-0.05, 0) is 17.7 Å². The molecule has 1 aromatic carbocycles. The van der Waals surface area contributed by atoms with Crippen molar-refractivity contribution in [2.24, 2.45) is 0 Å². The predicted molar refractivity (Wildman–Crippen MR) is 66.8 cm³/mol. The van der Waals surface area contributed by atoms with Gasteiger partial charge in [0.25, 0.3) is 6.43 Å². The van der Waals surface area contributed by atoms with E-state index in [-0.39, 0.29) is 12.5 Å². The van der Waals surface area contributed by atoms with E-state index in [9.17, 15) is 8.78 Å². The van der Waals surface area contributed by atoms with Gasteiger partial charge in [-0.1, -0.05) is 24.6 Å². The average Bonchev–Trinajstić information content (AvgIpc) is 2.87. The van der Waals surface area contributed by atoms with Crippen LogP contribution >= 0.6 is 11.6 Å². The van der Waals surface area contributed by atoms with Crippen LogP contribution in [-0.2, 0) is 0 Å². The zero-order chi connectivity index (χ0) is 14.0. The van der Waals surface area contributed by atoms with Gasteiger partial charge in [0.05, 0.1) is 10.7 Å². The van der Waals surface area contributed by atoms with Crippen molar-refractivity contribution in [2.45, 2.75) is 19.3 Å². The lowest BCUT2D eigenvalue weighted by Crippen LogP contribution is -2.06. The molecule has 0 aliphatic heterocycles. The molecule has 0 spiro atoms. The fourth-order valence-corrected chi connectivity index (χ4v) is 1.89. The topological polar surface area (TPSA) is 50.9 Å². The van der Waals surface area contributed by atoms with E-state index in [1.807, 2.05) is 6.92 Å². The Morgan fingerprint density at radius 3 is 2.79 bits per heavy atom. The van der Waals surface area contributed by atoms with Crippen LogP contribution in [0.4, 0.5) is 8.78 Å². The zero-order valence-corrected chi connectivity index (χ0v) is 10.8. The highest BCUT2D eigenvalue weighted by Crippen LogP contribution is 2.28. The van der Waals surface area contributed by atoms with Crippen molar-refractivity contribution in [3.05, 3.63) is 40.9 Å². The lowest BCUT2D eigenvalue weighted by Gasteiger charge is -2.13. The van der Waals surface area contributed by atoms with Crippen LogP contribution in [0.15, 0.2) is 24.5 Å². The van der Waals surface area contributed by atoms with Gasteiger partial charge in [-0.25, -0.2) is 18.4 Å². The summed E-state index contributed by atoms with van der Waals surface area (Å²) in [5, 5.41) is 13.2. The molecule has 0 radical (unpaired) electrons. The molecule has 0 unspecified atom stereocenters. The Kier molecular flexibility index (Phi) is 4.11. The molecule has 2 rings (SSSR count). The van der Waals surface area contributed by atoms with Crippen LogP contribution in [0.1, 0.15) is 30.7 Å². The smallest absolute Gasteiger partial charge is 0.297 e. The summed E-state index contributed by atoms with van der Waals surface area (Å²) in [6.07, 6.45) is -1.68. The van der Waals surface area contributed by atoms with Crippen LogP contribution in [-0.4, -0.2) is 26.5 Å². The molecular weight excluding hydrogens is 276 g/mol. The molecule has 1 N–H and O–H groups in total. The van der Waals surface area contributed by atoms with Crippen LogP contribution in [0.2, 0.25) is 5.02 Å². The summed E-state index contributed by atoms with van der Waals surface area (Å²) < 4.78 is 26.6. The Morgan fingerprint density at radius 1 is 1.42 bits per heavy atom. The second-order valence-corrected chi connectivity index (χ2v) is 4.53. The Balaban J connectivity index is 2.52. The molecule has 1 aromatic heterocycles. The van der Waals surface area contributed by atoms with Crippen molar-refractivity contribution in [1.82, 2.24) is 14.8 Å². The molecule has 7 heteroatoms. The summed E-state index contributed by atoms with van der Waals surface area (Å²) in [5.74, 6) is -0.578. The fraction of sp³-hybridized carbons (Fsp3) is 0.333. The van der Waals surface area contributed by atoms with Crippen molar-refractivity contribution >= 4 is 11.6 Å². The molecule has 19 heavy (non-hydrogen) atoms. The van der Waals surface area contributed by atoms with E-state index in [0.717, 1.165) is 16.6 Å². The molecule has 1 heterocycles. The van der Waals surface area contributed by atoms with Gasteiger partial charge in [-0.3, -0.25) is 0 Å². The average molecular weight is 288 g/mol. The van der Waals surface area contributed by atoms with Crippen molar-refractivity contribution in [2.75, 3.05) is 6.61 Å². The van der Waals surface area contributed by atoms with Gasteiger partial charge in [0.2, 0.25) is 0 Å². The minimum Gasteiger partial charge on any atom is -0.396 e. The number of benzene rings is 1. The standard InChI is InChI=1S/C12H12ClF2N3O/c1-7(5-19)8-2-3-9(13)10(4-8)18-12(11(14)15)16-6-17-18/h2-4,6-7,11,19H,5H2,1H3/t7-/m1/s1. The number of alkyl halides is 2. The minimum atomic E-state index is -2.74. The van der Waals surface area contributed by atoms with E-state index in [1.165, 1.54) is 0 Å².